The maximum Gasteiger partial charge on any atom is 0.335 e. The van der Waals surface area contributed by atoms with Crippen LogP contribution in [0.2, 0.25) is 0 Å². The number of allylic oxidation sites excluding steroid dienone is 2. The predicted octanol–water partition coefficient (Wildman–Crippen LogP) is 0.848. The van der Waals surface area contributed by atoms with E-state index >= 15 is 0 Å². The lowest BCUT2D eigenvalue weighted by Crippen LogP contribution is -2.07. The molecule has 0 aromatic rings. The van der Waals surface area contributed by atoms with Crippen LogP contribution < -0.4 is 0 Å². The van der Waals surface area contributed by atoms with E-state index in [4.69, 9.17) is 5.11 Å². The molecule has 0 saturated carbocycles. The molecule has 0 bridgehead atoms. The van der Waals surface area contributed by atoms with Crippen molar-refractivity contribution in [3.05, 3.63) is 23.5 Å². The van der Waals surface area contributed by atoms with Gasteiger partial charge in [0.15, 0.2) is 0 Å². The van der Waals surface area contributed by atoms with Crippen LogP contribution in [0.3, 0.4) is 0 Å². The summed E-state index contributed by atoms with van der Waals surface area (Å²) in [6.07, 6.45) is 4.36. The van der Waals surface area contributed by atoms with Crippen LogP contribution in [0.5, 0.6) is 0 Å². The lowest BCUT2D eigenvalue weighted by molar-refractivity contribution is -0.133. The van der Waals surface area contributed by atoms with Crippen LogP contribution in [0.25, 0.3) is 0 Å². The summed E-state index contributed by atoms with van der Waals surface area (Å²) in [7, 11) is 0. The molecule has 64 valence electrons. The second-order valence-corrected chi connectivity index (χ2v) is 2.30. The average molecular weight is 168 g/mol. The number of carbonyl (C=O) groups excluding carboxylic acids is 1. The molecular weight excluding hydrogens is 160 g/mol. The van der Waals surface area contributed by atoms with Gasteiger partial charge >= 0.3 is 5.97 Å². The van der Waals surface area contributed by atoms with Crippen LogP contribution in [0.1, 0.15) is 12.8 Å². The van der Waals surface area contributed by atoms with Crippen molar-refractivity contribution in [2.24, 2.45) is 0 Å². The normalized spacial score (nSPS) is 16.0. The molecule has 0 heterocycles. The van der Waals surface area contributed by atoms with Crippen LogP contribution in [0.4, 0.5) is 0 Å². The molecule has 0 radical (unpaired) electrons. The molecule has 0 aromatic heterocycles. The Balaban J connectivity index is 2.91. The van der Waals surface area contributed by atoms with Crippen molar-refractivity contribution in [2.75, 3.05) is 0 Å². The molecule has 0 saturated heterocycles. The molecule has 0 fully saturated rings. The van der Waals surface area contributed by atoms with Crippen molar-refractivity contribution < 1.29 is 19.4 Å². The lowest BCUT2D eigenvalue weighted by atomic mass is 10.0. The Morgan fingerprint density at radius 1 is 1.67 bits per heavy atom. The van der Waals surface area contributed by atoms with Crippen molar-refractivity contribution in [3.63, 3.8) is 0 Å². The van der Waals surface area contributed by atoms with E-state index in [-0.39, 0.29) is 17.8 Å². The Morgan fingerprint density at radius 2 is 2.42 bits per heavy atom. The number of hydrogen-bond acceptors (Lipinski definition) is 3. The van der Waals surface area contributed by atoms with E-state index in [1.165, 1.54) is 6.08 Å². The second kappa shape index (κ2) is 3.71. The molecule has 1 aliphatic carbocycles. The molecule has 4 nitrogen and oxygen atoms in total. The van der Waals surface area contributed by atoms with Crippen LogP contribution in [0, 0.1) is 0 Å². The van der Waals surface area contributed by atoms with Gasteiger partial charge in [-0.3, -0.25) is 4.79 Å². The summed E-state index contributed by atoms with van der Waals surface area (Å²) in [4.78, 5) is 20.5. The second-order valence-electron chi connectivity index (χ2n) is 2.30. The Labute approximate surface area is 69.1 Å². The number of carboxylic acid groups (broad SMARTS) is 1. The Kier molecular flexibility index (Phi) is 2.63. The molecule has 4 heteroatoms. The summed E-state index contributed by atoms with van der Waals surface area (Å²) in [5.74, 6) is -0.889. The molecule has 0 spiro atoms. The van der Waals surface area contributed by atoms with Crippen LogP contribution in [0.15, 0.2) is 23.5 Å². The minimum atomic E-state index is -1.03. The van der Waals surface area contributed by atoms with Crippen molar-refractivity contribution in [2.45, 2.75) is 12.8 Å². The number of carboxylic acids is 1. The maximum atomic E-state index is 10.6. The predicted molar refractivity (Wildman–Crippen MR) is 40.2 cm³/mol. The van der Waals surface area contributed by atoms with E-state index in [2.05, 4.69) is 4.74 Å². The number of ether oxygens (including phenoxy) is 1. The summed E-state index contributed by atoms with van der Waals surface area (Å²) >= 11 is 0. The zero-order valence-electron chi connectivity index (χ0n) is 6.32. The first-order valence-corrected chi connectivity index (χ1v) is 3.49. The molecule has 12 heavy (non-hydrogen) atoms. The van der Waals surface area contributed by atoms with Gasteiger partial charge in [0.25, 0.3) is 6.47 Å². The highest BCUT2D eigenvalue weighted by Gasteiger charge is 2.15. The Bertz CT molecular complexity index is 262. The molecule has 0 aliphatic heterocycles. The van der Waals surface area contributed by atoms with E-state index in [9.17, 15) is 9.59 Å². The number of carbonyl (C=O) groups is 2. The summed E-state index contributed by atoms with van der Waals surface area (Å²) in [5, 5.41) is 8.65. The van der Waals surface area contributed by atoms with Gasteiger partial charge in [-0.15, -0.1) is 0 Å². The van der Waals surface area contributed by atoms with Gasteiger partial charge < -0.3 is 9.84 Å². The topological polar surface area (TPSA) is 63.6 Å². The minimum Gasteiger partial charge on any atom is -0.478 e. The quantitative estimate of drug-likeness (QED) is 0.634. The van der Waals surface area contributed by atoms with Crippen LogP contribution in [-0.2, 0) is 14.3 Å². The summed E-state index contributed by atoms with van der Waals surface area (Å²) in [5.41, 5.74) is 0.157. The third-order valence-corrected chi connectivity index (χ3v) is 1.56. The SMILES string of the molecule is O=COC1=C(C(=O)O)CCC=C1. The summed E-state index contributed by atoms with van der Waals surface area (Å²) in [6.45, 7) is 0.230. The number of aliphatic carboxylic acids is 1. The van der Waals surface area contributed by atoms with Gasteiger partial charge in [0.05, 0.1) is 5.57 Å². The number of rotatable bonds is 3. The first-order chi connectivity index (χ1) is 5.75. The third kappa shape index (κ3) is 1.72. The van der Waals surface area contributed by atoms with Crippen molar-refractivity contribution in [1.82, 2.24) is 0 Å². The largest absolute Gasteiger partial charge is 0.478 e. The molecule has 0 aromatic carbocycles. The molecule has 1 aliphatic rings. The zero-order chi connectivity index (χ0) is 8.97. The molecule has 1 N–H and O–H groups in total. The molecule has 1 rings (SSSR count). The zero-order valence-corrected chi connectivity index (χ0v) is 6.32. The van der Waals surface area contributed by atoms with E-state index in [0.717, 1.165) is 0 Å². The first kappa shape index (κ1) is 8.52. The van der Waals surface area contributed by atoms with Crippen LogP contribution >= 0.6 is 0 Å². The van der Waals surface area contributed by atoms with Crippen LogP contribution in [-0.4, -0.2) is 17.5 Å². The average Bonchev–Trinajstić information content (AvgIpc) is 2.05. The van der Waals surface area contributed by atoms with Gasteiger partial charge in [0, 0.05) is 0 Å². The molecular formula is C8H8O4. The highest BCUT2D eigenvalue weighted by Crippen LogP contribution is 2.19. The first-order valence-electron chi connectivity index (χ1n) is 3.49. The van der Waals surface area contributed by atoms with Gasteiger partial charge in [-0.2, -0.15) is 0 Å². The highest BCUT2D eigenvalue weighted by atomic mass is 16.5. The van der Waals surface area contributed by atoms with Gasteiger partial charge in [-0.05, 0) is 18.9 Å². The number of hydrogen-bond donors (Lipinski definition) is 1. The molecule has 0 amide bonds. The van der Waals surface area contributed by atoms with E-state index < -0.39 is 5.97 Å². The van der Waals surface area contributed by atoms with Gasteiger partial charge in [-0.25, -0.2) is 4.79 Å². The molecule has 0 atom stereocenters. The summed E-state index contributed by atoms with van der Waals surface area (Å²) in [6, 6.07) is 0. The van der Waals surface area contributed by atoms with Gasteiger partial charge in [0.2, 0.25) is 0 Å². The van der Waals surface area contributed by atoms with Crippen molar-refractivity contribution in [3.8, 4) is 0 Å². The van der Waals surface area contributed by atoms with E-state index in [1.54, 1.807) is 6.08 Å². The monoisotopic (exact) mass is 168 g/mol. The van der Waals surface area contributed by atoms with Crippen molar-refractivity contribution in [1.29, 1.82) is 0 Å². The summed E-state index contributed by atoms with van der Waals surface area (Å²) < 4.78 is 4.49. The van der Waals surface area contributed by atoms with Gasteiger partial charge in [-0.1, -0.05) is 6.08 Å². The fraction of sp³-hybridized carbons (Fsp3) is 0.250. The van der Waals surface area contributed by atoms with E-state index in [0.29, 0.717) is 12.8 Å². The smallest absolute Gasteiger partial charge is 0.335 e. The Morgan fingerprint density at radius 3 is 3.00 bits per heavy atom. The fourth-order valence-electron chi connectivity index (χ4n) is 1.02. The molecule has 0 unspecified atom stereocenters. The minimum absolute atomic E-state index is 0.142. The third-order valence-electron chi connectivity index (χ3n) is 1.56. The lowest BCUT2D eigenvalue weighted by Gasteiger charge is -2.09. The fourth-order valence-corrected chi connectivity index (χ4v) is 1.02. The van der Waals surface area contributed by atoms with Crippen molar-refractivity contribution >= 4 is 12.4 Å². The Hall–Kier alpha value is -1.58. The highest BCUT2D eigenvalue weighted by molar-refractivity contribution is 5.88. The standard InChI is InChI=1S/C8H8O4/c9-5-12-7-4-2-1-3-6(7)8(10)11/h2,4-5H,1,3H2,(H,10,11). The van der Waals surface area contributed by atoms with E-state index in [1.807, 2.05) is 0 Å². The maximum absolute atomic E-state index is 10.6. The van der Waals surface area contributed by atoms with Gasteiger partial charge in [0.1, 0.15) is 5.76 Å².